The summed E-state index contributed by atoms with van der Waals surface area (Å²) >= 11 is 7.94. The molecule has 0 aliphatic carbocycles. The Morgan fingerprint density at radius 3 is 2.38 bits per heavy atom. The molecule has 2 aromatic carbocycles. The van der Waals surface area contributed by atoms with Crippen molar-refractivity contribution in [2.75, 3.05) is 11.0 Å². The van der Waals surface area contributed by atoms with Gasteiger partial charge in [0.2, 0.25) is 10.0 Å². The molecule has 2 heterocycles. The van der Waals surface area contributed by atoms with Gasteiger partial charge in [-0.25, -0.2) is 13.1 Å². The number of halogens is 1. The van der Waals surface area contributed by atoms with E-state index in [0.717, 1.165) is 27.3 Å². The van der Waals surface area contributed by atoms with Crippen LogP contribution in [0, 0.1) is 0 Å². The van der Waals surface area contributed by atoms with Gasteiger partial charge in [0, 0.05) is 10.4 Å². The quantitative estimate of drug-likeness (QED) is 0.375. The number of nitrogens with zero attached hydrogens (tertiary/aromatic N) is 2. The Labute approximate surface area is 196 Å². The first kappa shape index (κ1) is 22.5. The predicted octanol–water partition coefficient (Wildman–Crippen LogP) is 5.52. The lowest BCUT2D eigenvalue weighted by Crippen LogP contribution is -2.16. The summed E-state index contributed by atoms with van der Waals surface area (Å²) in [5.74, 6) is 0. The minimum atomic E-state index is -3.42. The first-order chi connectivity index (χ1) is 15.0. The molecule has 0 unspecified atom stereocenters. The molecule has 166 valence electrons. The van der Waals surface area contributed by atoms with Gasteiger partial charge < -0.3 is 5.11 Å². The molecule has 0 fully saturated rings. The number of benzene rings is 2. The third-order valence-electron chi connectivity index (χ3n) is 4.76. The number of rotatable bonds is 6. The van der Waals surface area contributed by atoms with Gasteiger partial charge in [-0.2, -0.15) is 5.10 Å². The summed E-state index contributed by atoms with van der Waals surface area (Å²) in [6.07, 6.45) is 1.13. The van der Waals surface area contributed by atoms with Gasteiger partial charge in [0.05, 0.1) is 38.9 Å². The second kappa shape index (κ2) is 8.37. The van der Waals surface area contributed by atoms with Gasteiger partial charge >= 0.3 is 0 Å². The number of aliphatic hydroxyl groups is 1. The molecule has 6 nitrogen and oxygen atoms in total. The van der Waals surface area contributed by atoms with Crippen LogP contribution >= 0.6 is 22.9 Å². The average molecular weight is 488 g/mol. The maximum atomic E-state index is 11.8. The summed E-state index contributed by atoms with van der Waals surface area (Å²) in [5.41, 5.74) is 2.16. The second-order valence-electron chi connectivity index (χ2n) is 7.92. The molecule has 0 bridgehead atoms. The number of nitrogens with one attached hydrogen (secondary N) is 1. The number of anilines is 1. The van der Waals surface area contributed by atoms with Crippen molar-refractivity contribution in [2.45, 2.75) is 19.4 Å². The van der Waals surface area contributed by atoms with E-state index in [1.807, 2.05) is 48.5 Å². The van der Waals surface area contributed by atoms with Gasteiger partial charge in [-0.1, -0.05) is 41.9 Å². The van der Waals surface area contributed by atoms with Crippen molar-refractivity contribution in [1.82, 2.24) is 9.78 Å². The van der Waals surface area contributed by atoms with Gasteiger partial charge in [0.1, 0.15) is 5.60 Å². The van der Waals surface area contributed by atoms with E-state index in [9.17, 15) is 13.5 Å². The third kappa shape index (κ3) is 4.73. The van der Waals surface area contributed by atoms with Crippen LogP contribution in [-0.4, -0.2) is 29.6 Å². The van der Waals surface area contributed by atoms with Crippen LogP contribution in [0.15, 0.2) is 66.7 Å². The molecular weight excluding hydrogens is 466 g/mol. The third-order valence-corrected chi connectivity index (χ3v) is 6.81. The number of hydrogen-bond donors (Lipinski definition) is 2. The smallest absolute Gasteiger partial charge is 0.229 e. The molecule has 4 rings (SSSR count). The van der Waals surface area contributed by atoms with E-state index in [2.05, 4.69) is 9.82 Å². The van der Waals surface area contributed by atoms with Gasteiger partial charge in [-0.05, 0) is 50.2 Å². The minimum Gasteiger partial charge on any atom is -0.384 e. The highest BCUT2D eigenvalue weighted by Gasteiger charge is 2.24. The maximum Gasteiger partial charge on any atom is 0.229 e. The molecule has 0 amide bonds. The molecule has 32 heavy (non-hydrogen) atoms. The number of aromatic nitrogens is 2. The lowest BCUT2D eigenvalue weighted by atomic mass is 10.1. The first-order valence-electron chi connectivity index (χ1n) is 9.78. The minimum absolute atomic E-state index is 0.514. The van der Waals surface area contributed by atoms with Crippen molar-refractivity contribution in [1.29, 1.82) is 0 Å². The molecule has 0 atom stereocenters. The van der Waals surface area contributed by atoms with Crippen LogP contribution in [0.5, 0.6) is 0 Å². The van der Waals surface area contributed by atoms with Crippen LogP contribution in [0.2, 0.25) is 5.02 Å². The monoisotopic (exact) mass is 487 g/mol. The van der Waals surface area contributed by atoms with Gasteiger partial charge in [0.25, 0.3) is 0 Å². The summed E-state index contributed by atoms with van der Waals surface area (Å²) in [6.45, 7) is 3.37. The second-order valence-corrected chi connectivity index (χ2v) is 11.2. The van der Waals surface area contributed by atoms with Crippen LogP contribution in [0.4, 0.5) is 5.69 Å². The van der Waals surface area contributed by atoms with Gasteiger partial charge in [0.15, 0.2) is 0 Å². The van der Waals surface area contributed by atoms with Crippen molar-refractivity contribution in [3.8, 4) is 26.7 Å². The highest BCUT2D eigenvalue weighted by molar-refractivity contribution is 7.92. The van der Waals surface area contributed by atoms with E-state index in [0.29, 0.717) is 22.1 Å². The summed E-state index contributed by atoms with van der Waals surface area (Å²) in [4.78, 5) is 1.79. The summed E-state index contributed by atoms with van der Waals surface area (Å²) in [7, 11) is -3.42. The zero-order valence-corrected chi connectivity index (χ0v) is 20.1. The fourth-order valence-corrected chi connectivity index (χ4v) is 5.11. The topological polar surface area (TPSA) is 84.2 Å². The van der Waals surface area contributed by atoms with E-state index < -0.39 is 15.6 Å². The normalized spacial score (nSPS) is 12.2. The zero-order chi connectivity index (χ0) is 23.1. The molecule has 0 spiro atoms. The van der Waals surface area contributed by atoms with Gasteiger partial charge in [-0.15, -0.1) is 11.3 Å². The van der Waals surface area contributed by atoms with E-state index in [-0.39, 0.29) is 0 Å². The van der Waals surface area contributed by atoms with E-state index in [1.165, 1.54) is 11.3 Å². The Kier molecular flexibility index (Phi) is 5.89. The van der Waals surface area contributed by atoms with Crippen molar-refractivity contribution in [3.63, 3.8) is 0 Å². The Morgan fingerprint density at radius 2 is 1.69 bits per heavy atom. The van der Waals surface area contributed by atoms with Crippen molar-refractivity contribution in [3.05, 3.63) is 77.4 Å². The van der Waals surface area contributed by atoms with Crippen LogP contribution in [0.1, 0.15) is 19.5 Å². The van der Waals surface area contributed by atoms with Crippen LogP contribution in [-0.2, 0) is 15.6 Å². The Bertz CT molecular complexity index is 1390. The van der Waals surface area contributed by atoms with Gasteiger partial charge in [-0.3, -0.25) is 4.72 Å². The molecule has 2 aromatic heterocycles. The van der Waals surface area contributed by atoms with Crippen LogP contribution < -0.4 is 4.72 Å². The number of para-hydroxylation sites is 2. The van der Waals surface area contributed by atoms with Crippen LogP contribution in [0.3, 0.4) is 0 Å². The number of thiophene rings is 1. The molecule has 0 saturated heterocycles. The summed E-state index contributed by atoms with van der Waals surface area (Å²) < 4.78 is 27.9. The summed E-state index contributed by atoms with van der Waals surface area (Å²) in [6, 6.07) is 20.4. The van der Waals surface area contributed by atoms with Crippen LogP contribution in [0.25, 0.3) is 26.7 Å². The highest BCUT2D eigenvalue weighted by atomic mass is 35.5. The predicted molar refractivity (Wildman–Crippen MR) is 131 cm³/mol. The van der Waals surface area contributed by atoms with Crippen molar-refractivity contribution >= 4 is 38.6 Å². The highest BCUT2D eigenvalue weighted by Crippen LogP contribution is 2.40. The molecule has 0 aliphatic rings. The largest absolute Gasteiger partial charge is 0.384 e. The standard InChI is InChI=1S/C23H22ClN3O3S2/c1-23(2,28)22-14-19(27(25-22)18-11-7-5-9-16(18)24)21-13-12-20(31-21)15-8-4-6-10-17(15)26-32(3,29)30/h4-14,26,28H,1-3H3. The average Bonchev–Trinajstić information content (AvgIpc) is 3.34. The lowest BCUT2D eigenvalue weighted by Gasteiger charge is -2.13. The Morgan fingerprint density at radius 1 is 1.03 bits per heavy atom. The zero-order valence-electron chi connectivity index (χ0n) is 17.7. The fourth-order valence-electron chi connectivity index (χ4n) is 3.27. The first-order valence-corrected chi connectivity index (χ1v) is 12.9. The van der Waals surface area contributed by atoms with E-state index in [1.54, 1.807) is 36.7 Å². The van der Waals surface area contributed by atoms with Crippen molar-refractivity contribution in [2.24, 2.45) is 0 Å². The molecular formula is C23H22ClN3O3S2. The maximum absolute atomic E-state index is 11.8. The lowest BCUT2D eigenvalue weighted by molar-refractivity contribution is 0.0734. The SMILES string of the molecule is CC(C)(O)c1cc(-c2ccc(-c3ccccc3NS(C)(=O)=O)s2)n(-c2ccccc2Cl)n1. The Balaban J connectivity index is 1.84. The molecule has 4 aromatic rings. The molecule has 0 aliphatic heterocycles. The number of sulfonamides is 1. The summed E-state index contributed by atoms with van der Waals surface area (Å²) in [5, 5.41) is 15.7. The van der Waals surface area contributed by atoms with Crippen molar-refractivity contribution < 1.29 is 13.5 Å². The molecule has 0 saturated carbocycles. The molecule has 9 heteroatoms. The number of hydrogen-bond acceptors (Lipinski definition) is 5. The molecule has 2 N–H and O–H groups in total. The van der Waals surface area contributed by atoms with E-state index >= 15 is 0 Å². The Hall–Kier alpha value is -2.65. The fraction of sp³-hybridized carbons (Fsp3) is 0.174. The van der Waals surface area contributed by atoms with E-state index in [4.69, 9.17) is 11.6 Å². The molecule has 0 radical (unpaired) electrons.